The van der Waals surface area contributed by atoms with Gasteiger partial charge < -0.3 is 10.2 Å². The first kappa shape index (κ1) is 18.0. The number of rotatable bonds is 2. The van der Waals surface area contributed by atoms with Gasteiger partial charge in [0, 0.05) is 30.6 Å². The molecule has 4 aromatic heterocycles. The van der Waals surface area contributed by atoms with Crippen molar-refractivity contribution in [3.63, 3.8) is 0 Å². The summed E-state index contributed by atoms with van der Waals surface area (Å²) in [7, 11) is 0. The third-order valence-corrected chi connectivity index (χ3v) is 5.44. The summed E-state index contributed by atoms with van der Waals surface area (Å²) in [5.74, 6) is 0. The maximum absolute atomic E-state index is 4.78. The monoisotopic (exact) mass is 387 g/mol. The van der Waals surface area contributed by atoms with Crippen LogP contribution in [0, 0.1) is 13.8 Å². The molecule has 0 saturated carbocycles. The SMILES string of the molecule is Cc1cn2nc(-c3ccc4cc(N5C[C@@H](C)N[C@H](C)C5)cnc4n3)cc(C)c2n1. The molecular weight excluding hydrogens is 362 g/mol. The van der Waals surface area contributed by atoms with Gasteiger partial charge in [0.15, 0.2) is 11.3 Å². The number of imidazole rings is 1. The smallest absolute Gasteiger partial charge is 0.159 e. The molecular formula is C22H25N7. The van der Waals surface area contributed by atoms with Crippen LogP contribution in [0.2, 0.25) is 0 Å². The average molecular weight is 387 g/mol. The Morgan fingerprint density at radius 1 is 1.00 bits per heavy atom. The van der Waals surface area contributed by atoms with Crippen LogP contribution in [0.15, 0.2) is 36.7 Å². The summed E-state index contributed by atoms with van der Waals surface area (Å²) in [5.41, 5.74) is 6.45. The van der Waals surface area contributed by atoms with E-state index in [-0.39, 0.29) is 0 Å². The highest BCUT2D eigenvalue weighted by Crippen LogP contribution is 2.24. The molecule has 1 fully saturated rings. The molecule has 148 valence electrons. The zero-order valence-electron chi connectivity index (χ0n) is 17.2. The largest absolute Gasteiger partial charge is 0.367 e. The Kier molecular flexibility index (Phi) is 4.20. The van der Waals surface area contributed by atoms with Crippen molar-refractivity contribution in [1.82, 2.24) is 29.9 Å². The minimum absolute atomic E-state index is 0.464. The van der Waals surface area contributed by atoms with E-state index in [0.717, 1.165) is 58.1 Å². The molecule has 2 atom stereocenters. The average Bonchev–Trinajstić information content (AvgIpc) is 3.07. The number of hydrogen-bond donors (Lipinski definition) is 1. The summed E-state index contributed by atoms with van der Waals surface area (Å²) in [4.78, 5) is 16.4. The Hall–Kier alpha value is -3.06. The third kappa shape index (κ3) is 3.31. The van der Waals surface area contributed by atoms with Crippen molar-refractivity contribution in [3.8, 4) is 11.4 Å². The van der Waals surface area contributed by atoms with Crippen LogP contribution in [0.25, 0.3) is 28.1 Å². The molecule has 0 aliphatic carbocycles. The lowest BCUT2D eigenvalue weighted by Gasteiger charge is -2.37. The van der Waals surface area contributed by atoms with Crippen molar-refractivity contribution < 1.29 is 0 Å². The van der Waals surface area contributed by atoms with Gasteiger partial charge in [0.05, 0.1) is 29.5 Å². The Bertz CT molecular complexity index is 1200. The maximum Gasteiger partial charge on any atom is 0.159 e. The van der Waals surface area contributed by atoms with Crippen molar-refractivity contribution in [1.29, 1.82) is 0 Å². The molecule has 5 heterocycles. The molecule has 0 bridgehead atoms. The van der Waals surface area contributed by atoms with Crippen LogP contribution in [0.3, 0.4) is 0 Å². The molecule has 1 saturated heterocycles. The minimum Gasteiger partial charge on any atom is -0.367 e. The number of piperazine rings is 1. The number of hydrogen-bond acceptors (Lipinski definition) is 6. The van der Waals surface area contributed by atoms with Crippen molar-refractivity contribution in [3.05, 3.63) is 47.9 Å². The predicted molar refractivity (Wildman–Crippen MR) is 115 cm³/mol. The van der Waals surface area contributed by atoms with E-state index in [1.807, 2.05) is 42.9 Å². The van der Waals surface area contributed by atoms with Gasteiger partial charge >= 0.3 is 0 Å². The van der Waals surface area contributed by atoms with Crippen LogP contribution < -0.4 is 10.2 Å². The Morgan fingerprint density at radius 2 is 1.79 bits per heavy atom. The lowest BCUT2D eigenvalue weighted by molar-refractivity contribution is 0.407. The molecule has 1 aliphatic heterocycles. The molecule has 5 rings (SSSR count). The van der Waals surface area contributed by atoms with Gasteiger partial charge in [0.25, 0.3) is 0 Å². The summed E-state index contributed by atoms with van der Waals surface area (Å²) in [5, 5.41) is 9.31. The fourth-order valence-corrected chi connectivity index (χ4v) is 4.22. The summed E-state index contributed by atoms with van der Waals surface area (Å²) >= 11 is 0. The molecule has 29 heavy (non-hydrogen) atoms. The second kappa shape index (κ2) is 6.77. The molecule has 0 spiro atoms. The van der Waals surface area contributed by atoms with Gasteiger partial charge in [-0.25, -0.2) is 19.5 Å². The van der Waals surface area contributed by atoms with E-state index < -0.39 is 0 Å². The van der Waals surface area contributed by atoms with Crippen molar-refractivity contribution in [2.45, 2.75) is 39.8 Å². The number of fused-ring (bicyclic) bond motifs is 2. The van der Waals surface area contributed by atoms with E-state index in [1.165, 1.54) is 0 Å². The molecule has 4 aromatic rings. The maximum atomic E-state index is 4.78. The summed E-state index contributed by atoms with van der Waals surface area (Å²) in [6, 6.07) is 9.26. The summed E-state index contributed by atoms with van der Waals surface area (Å²) in [6.07, 6.45) is 3.87. The van der Waals surface area contributed by atoms with E-state index in [4.69, 9.17) is 10.1 Å². The van der Waals surface area contributed by atoms with Crippen LogP contribution in [0.1, 0.15) is 25.1 Å². The molecule has 7 nitrogen and oxygen atoms in total. The fraction of sp³-hybridized carbons (Fsp3) is 0.364. The molecule has 0 radical (unpaired) electrons. The predicted octanol–water partition coefficient (Wildman–Crippen LogP) is 3.14. The van der Waals surface area contributed by atoms with Gasteiger partial charge in [-0.2, -0.15) is 5.10 Å². The van der Waals surface area contributed by atoms with Crippen molar-refractivity contribution in [2.75, 3.05) is 18.0 Å². The molecule has 7 heteroatoms. The normalized spacial score (nSPS) is 19.9. The second-order valence-corrected chi connectivity index (χ2v) is 8.17. The zero-order chi connectivity index (χ0) is 20.1. The van der Waals surface area contributed by atoms with E-state index in [1.54, 1.807) is 0 Å². The number of aryl methyl sites for hydroxylation is 2. The Balaban J connectivity index is 1.51. The summed E-state index contributed by atoms with van der Waals surface area (Å²) in [6.45, 7) is 10.4. The highest BCUT2D eigenvalue weighted by Gasteiger charge is 2.21. The van der Waals surface area contributed by atoms with Crippen LogP contribution in [-0.2, 0) is 0 Å². The quantitative estimate of drug-likeness (QED) is 0.570. The van der Waals surface area contributed by atoms with Gasteiger partial charge in [-0.3, -0.25) is 0 Å². The third-order valence-electron chi connectivity index (χ3n) is 5.44. The standard InChI is InChI=1S/C22H25N7/c1-13-7-20(27-29-12-16(4)25-22(13)29)19-6-5-17-8-18(9-23-21(17)26-19)28-10-14(2)24-15(3)11-28/h5-9,12,14-15,24H,10-11H2,1-4H3/t14-,15-/m1/s1. The lowest BCUT2D eigenvalue weighted by Crippen LogP contribution is -2.54. The van der Waals surface area contributed by atoms with E-state index in [2.05, 4.69) is 46.2 Å². The molecule has 1 aliphatic rings. The van der Waals surface area contributed by atoms with Crippen LogP contribution >= 0.6 is 0 Å². The number of aromatic nitrogens is 5. The van der Waals surface area contributed by atoms with Gasteiger partial charge in [0.1, 0.15) is 5.69 Å². The van der Waals surface area contributed by atoms with Gasteiger partial charge in [-0.15, -0.1) is 0 Å². The first-order chi connectivity index (χ1) is 14.0. The van der Waals surface area contributed by atoms with Crippen LogP contribution in [0.5, 0.6) is 0 Å². The first-order valence-corrected chi connectivity index (χ1v) is 10.1. The zero-order valence-corrected chi connectivity index (χ0v) is 17.2. The molecule has 0 unspecified atom stereocenters. The van der Waals surface area contributed by atoms with Crippen molar-refractivity contribution >= 4 is 22.4 Å². The number of nitrogens with zero attached hydrogens (tertiary/aromatic N) is 6. The lowest BCUT2D eigenvalue weighted by atomic mass is 10.1. The second-order valence-electron chi connectivity index (χ2n) is 8.17. The Labute approximate surface area is 169 Å². The van der Waals surface area contributed by atoms with Gasteiger partial charge in [-0.05, 0) is 57.5 Å². The van der Waals surface area contributed by atoms with E-state index in [9.17, 15) is 0 Å². The van der Waals surface area contributed by atoms with E-state index >= 15 is 0 Å². The number of nitrogens with one attached hydrogen (secondary N) is 1. The number of anilines is 1. The Morgan fingerprint density at radius 3 is 2.59 bits per heavy atom. The van der Waals surface area contributed by atoms with Crippen LogP contribution in [-0.4, -0.2) is 49.7 Å². The highest BCUT2D eigenvalue weighted by molar-refractivity contribution is 5.81. The van der Waals surface area contributed by atoms with Crippen molar-refractivity contribution in [2.24, 2.45) is 0 Å². The molecule has 0 aromatic carbocycles. The van der Waals surface area contributed by atoms with Crippen LogP contribution in [0.4, 0.5) is 5.69 Å². The van der Waals surface area contributed by atoms with E-state index in [0.29, 0.717) is 12.1 Å². The summed E-state index contributed by atoms with van der Waals surface area (Å²) < 4.78 is 1.83. The fourth-order valence-electron chi connectivity index (χ4n) is 4.22. The molecule has 0 amide bonds. The minimum atomic E-state index is 0.464. The van der Waals surface area contributed by atoms with Gasteiger partial charge in [-0.1, -0.05) is 0 Å². The highest BCUT2D eigenvalue weighted by atomic mass is 15.3. The van der Waals surface area contributed by atoms with Gasteiger partial charge in [0.2, 0.25) is 0 Å². The molecule has 1 N–H and O–H groups in total. The topological polar surface area (TPSA) is 71.2 Å². The first-order valence-electron chi connectivity index (χ1n) is 10.1. The number of pyridine rings is 2.